The first-order valence-electron chi connectivity index (χ1n) is 7.44. The fourth-order valence-corrected chi connectivity index (χ4v) is 3.34. The molecule has 3 N–H and O–H groups in total. The molecule has 3 rings (SSSR count). The van der Waals surface area contributed by atoms with Gasteiger partial charge in [-0.3, -0.25) is 9.59 Å². The summed E-state index contributed by atoms with van der Waals surface area (Å²) in [5.74, 6) is -1.69. The van der Waals surface area contributed by atoms with Crippen LogP contribution in [0, 0.1) is 12.8 Å². The largest absolute Gasteiger partial charge is 0.480 e. The summed E-state index contributed by atoms with van der Waals surface area (Å²) >= 11 is 1.10. The van der Waals surface area contributed by atoms with Crippen molar-refractivity contribution < 1.29 is 23.9 Å². The maximum Gasteiger partial charge on any atom is 0.326 e. The molecule has 2 heterocycles. The van der Waals surface area contributed by atoms with Crippen LogP contribution in [0.25, 0.3) is 0 Å². The van der Waals surface area contributed by atoms with Crippen molar-refractivity contribution in [2.75, 3.05) is 5.32 Å². The van der Waals surface area contributed by atoms with E-state index in [9.17, 15) is 19.5 Å². The summed E-state index contributed by atoms with van der Waals surface area (Å²) in [6.45, 7) is 1.74. The zero-order chi connectivity index (χ0) is 17.3. The molecule has 0 saturated heterocycles. The van der Waals surface area contributed by atoms with E-state index in [1.165, 1.54) is 12.3 Å². The van der Waals surface area contributed by atoms with Gasteiger partial charge in [0, 0.05) is 0 Å². The Morgan fingerprint density at radius 2 is 2.08 bits per heavy atom. The molecular formula is C16H16N2O5S. The first kappa shape index (κ1) is 16.3. The van der Waals surface area contributed by atoms with Gasteiger partial charge in [-0.2, -0.15) is 0 Å². The minimum Gasteiger partial charge on any atom is -0.480 e. The number of thiophene rings is 1. The van der Waals surface area contributed by atoms with E-state index in [1.54, 1.807) is 19.1 Å². The van der Waals surface area contributed by atoms with Crippen molar-refractivity contribution in [3.63, 3.8) is 0 Å². The summed E-state index contributed by atoms with van der Waals surface area (Å²) in [6.07, 6.45) is 3.02. The number of nitrogens with one attached hydrogen (secondary N) is 2. The number of anilines is 1. The molecule has 2 aromatic rings. The molecule has 1 unspecified atom stereocenters. The maximum atomic E-state index is 12.3. The van der Waals surface area contributed by atoms with Crippen molar-refractivity contribution in [1.29, 1.82) is 0 Å². The number of aliphatic carboxylic acids is 1. The van der Waals surface area contributed by atoms with E-state index >= 15 is 0 Å². The van der Waals surface area contributed by atoms with E-state index in [2.05, 4.69) is 10.6 Å². The third-order valence-electron chi connectivity index (χ3n) is 3.75. The third kappa shape index (κ3) is 3.48. The zero-order valence-corrected chi connectivity index (χ0v) is 13.7. The van der Waals surface area contributed by atoms with Crippen LogP contribution >= 0.6 is 11.3 Å². The van der Waals surface area contributed by atoms with E-state index in [1.807, 2.05) is 0 Å². The lowest BCUT2D eigenvalue weighted by Crippen LogP contribution is -2.42. The van der Waals surface area contributed by atoms with Crippen molar-refractivity contribution in [2.24, 2.45) is 5.92 Å². The average Bonchev–Trinajstić information content (AvgIpc) is 3.06. The van der Waals surface area contributed by atoms with Gasteiger partial charge in [0.1, 0.15) is 6.04 Å². The first-order valence-corrected chi connectivity index (χ1v) is 8.26. The highest BCUT2D eigenvalue weighted by atomic mass is 32.1. The number of rotatable bonds is 6. The SMILES string of the molecule is Cc1cc(NC(=O)c2ccco2)sc1C(=O)NC(C(=O)O)C1CC1. The van der Waals surface area contributed by atoms with Gasteiger partial charge in [-0.25, -0.2) is 4.79 Å². The van der Waals surface area contributed by atoms with Crippen LogP contribution in [-0.4, -0.2) is 28.9 Å². The topological polar surface area (TPSA) is 109 Å². The molecule has 0 bridgehead atoms. The quantitative estimate of drug-likeness (QED) is 0.743. The predicted molar refractivity (Wildman–Crippen MR) is 87.3 cm³/mol. The van der Waals surface area contributed by atoms with Crippen LogP contribution in [0.1, 0.15) is 38.6 Å². The van der Waals surface area contributed by atoms with Crippen LogP contribution in [0.2, 0.25) is 0 Å². The van der Waals surface area contributed by atoms with Crippen LogP contribution in [0.15, 0.2) is 28.9 Å². The first-order chi connectivity index (χ1) is 11.5. The second-order valence-corrected chi connectivity index (χ2v) is 6.73. The van der Waals surface area contributed by atoms with Gasteiger partial charge in [-0.15, -0.1) is 11.3 Å². The smallest absolute Gasteiger partial charge is 0.326 e. The van der Waals surface area contributed by atoms with Crippen LogP contribution in [0.4, 0.5) is 5.00 Å². The normalized spacial score (nSPS) is 14.9. The minimum absolute atomic E-state index is 0.00449. The molecule has 7 nitrogen and oxygen atoms in total. The van der Waals surface area contributed by atoms with E-state index < -0.39 is 23.8 Å². The third-order valence-corrected chi connectivity index (χ3v) is 4.90. The molecule has 0 aliphatic heterocycles. The molecular weight excluding hydrogens is 332 g/mol. The Balaban J connectivity index is 1.70. The Kier molecular flexibility index (Phi) is 4.39. The number of carboxylic acids is 1. The number of carbonyl (C=O) groups is 3. The highest BCUT2D eigenvalue weighted by Gasteiger charge is 2.37. The second kappa shape index (κ2) is 6.48. The Labute approximate surface area is 141 Å². The summed E-state index contributed by atoms with van der Waals surface area (Å²) < 4.78 is 5.01. The summed E-state index contributed by atoms with van der Waals surface area (Å²) in [4.78, 5) is 35.9. The fraction of sp³-hybridized carbons (Fsp3) is 0.312. The minimum atomic E-state index is -1.02. The molecule has 0 radical (unpaired) electrons. The Morgan fingerprint density at radius 3 is 2.67 bits per heavy atom. The molecule has 1 aliphatic rings. The number of amides is 2. The Morgan fingerprint density at radius 1 is 1.33 bits per heavy atom. The highest BCUT2D eigenvalue weighted by molar-refractivity contribution is 7.18. The van der Waals surface area contributed by atoms with Gasteiger partial charge in [0.25, 0.3) is 11.8 Å². The summed E-state index contributed by atoms with van der Waals surface area (Å²) in [5.41, 5.74) is 0.673. The molecule has 0 spiro atoms. The van der Waals surface area contributed by atoms with Gasteiger partial charge in [-0.05, 0) is 49.4 Å². The lowest BCUT2D eigenvalue weighted by atomic mass is 10.2. The van der Waals surface area contributed by atoms with Gasteiger partial charge < -0.3 is 20.2 Å². The number of furan rings is 1. The molecule has 0 aromatic carbocycles. The molecule has 8 heteroatoms. The van der Waals surface area contributed by atoms with Crippen molar-refractivity contribution in [1.82, 2.24) is 5.32 Å². The van der Waals surface area contributed by atoms with Gasteiger partial charge in [0.15, 0.2) is 5.76 Å². The Hall–Kier alpha value is -2.61. The molecule has 1 fully saturated rings. The lowest BCUT2D eigenvalue weighted by molar-refractivity contribution is -0.139. The number of hydrogen-bond donors (Lipinski definition) is 3. The van der Waals surface area contributed by atoms with Crippen molar-refractivity contribution in [3.8, 4) is 0 Å². The van der Waals surface area contributed by atoms with Crippen LogP contribution in [0.5, 0.6) is 0 Å². The van der Waals surface area contributed by atoms with Crippen molar-refractivity contribution in [3.05, 3.63) is 40.7 Å². The maximum absolute atomic E-state index is 12.3. The molecule has 1 aliphatic carbocycles. The van der Waals surface area contributed by atoms with Gasteiger partial charge in [0.2, 0.25) is 0 Å². The average molecular weight is 348 g/mol. The predicted octanol–water partition coefficient (Wildman–Crippen LogP) is 2.49. The molecule has 24 heavy (non-hydrogen) atoms. The second-order valence-electron chi connectivity index (χ2n) is 5.68. The molecule has 126 valence electrons. The van der Waals surface area contributed by atoms with E-state index in [-0.39, 0.29) is 11.7 Å². The molecule has 2 amide bonds. The number of aryl methyl sites for hydroxylation is 1. The van der Waals surface area contributed by atoms with Crippen LogP contribution < -0.4 is 10.6 Å². The number of hydrogen-bond acceptors (Lipinski definition) is 5. The Bertz CT molecular complexity index is 776. The summed E-state index contributed by atoms with van der Waals surface area (Å²) in [7, 11) is 0. The standard InChI is InChI=1S/C16H16N2O5S/c1-8-7-11(17-14(19)10-3-2-6-23-10)24-13(8)15(20)18-12(16(21)22)9-4-5-9/h2-3,6-7,9,12H,4-5H2,1H3,(H,17,19)(H,18,20)(H,21,22). The lowest BCUT2D eigenvalue weighted by Gasteiger charge is -2.12. The van der Waals surface area contributed by atoms with Gasteiger partial charge in [0.05, 0.1) is 16.1 Å². The highest BCUT2D eigenvalue weighted by Crippen LogP contribution is 2.33. The van der Waals surface area contributed by atoms with Crippen LogP contribution in [0.3, 0.4) is 0 Å². The molecule has 1 atom stereocenters. The van der Waals surface area contributed by atoms with Crippen LogP contribution in [-0.2, 0) is 4.79 Å². The number of carbonyl (C=O) groups excluding carboxylic acids is 2. The van der Waals surface area contributed by atoms with Crippen molar-refractivity contribution >= 4 is 34.1 Å². The summed E-state index contributed by atoms with van der Waals surface area (Å²) in [6, 6.07) is 3.96. The summed E-state index contributed by atoms with van der Waals surface area (Å²) in [5, 5.41) is 14.9. The van der Waals surface area contributed by atoms with Crippen molar-refractivity contribution in [2.45, 2.75) is 25.8 Å². The fourth-order valence-electron chi connectivity index (χ4n) is 2.37. The van der Waals surface area contributed by atoms with E-state index in [0.29, 0.717) is 15.4 Å². The van der Waals surface area contributed by atoms with E-state index in [0.717, 1.165) is 24.2 Å². The molecule has 2 aromatic heterocycles. The van der Waals surface area contributed by atoms with Gasteiger partial charge >= 0.3 is 5.97 Å². The monoisotopic (exact) mass is 348 g/mol. The van der Waals surface area contributed by atoms with Gasteiger partial charge in [-0.1, -0.05) is 0 Å². The zero-order valence-electron chi connectivity index (χ0n) is 12.9. The number of carboxylic acid groups (broad SMARTS) is 1. The molecule has 1 saturated carbocycles. The van der Waals surface area contributed by atoms with E-state index in [4.69, 9.17) is 4.42 Å².